The summed E-state index contributed by atoms with van der Waals surface area (Å²) in [6, 6.07) is 24.2. The highest BCUT2D eigenvalue weighted by Gasteiger charge is 2.16. The van der Waals surface area contributed by atoms with E-state index in [9.17, 15) is 4.79 Å². The van der Waals surface area contributed by atoms with Gasteiger partial charge in [0.1, 0.15) is 5.69 Å². The van der Waals surface area contributed by atoms with Gasteiger partial charge in [-0.2, -0.15) is 0 Å². The molecule has 148 valence electrons. The van der Waals surface area contributed by atoms with Crippen molar-refractivity contribution in [2.24, 2.45) is 12.8 Å². The summed E-state index contributed by atoms with van der Waals surface area (Å²) in [5, 5.41) is 1.02. The van der Waals surface area contributed by atoms with Crippen LogP contribution in [0.3, 0.4) is 0 Å². The molecule has 0 saturated heterocycles. The lowest BCUT2D eigenvalue weighted by Crippen LogP contribution is -2.20. The molecule has 2 N–H and O–H groups in total. The molecule has 30 heavy (non-hydrogen) atoms. The Bertz CT molecular complexity index is 1430. The maximum atomic E-state index is 13.1. The summed E-state index contributed by atoms with van der Waals surface area (Å²) in [6.07, 6.45) is 2.04. The molecule has 3 aromatic carbocycles. The van der Waals surface area contributed by atoms with E-state index >= 15 is 0 Å². The number of para-hydroxylation sites is 3. The highest BCUT2D eigenvalue weighted by atomic mass is 16.1. The zero-order valence-corrected chi connectivity index (χ0v) is 16.7. The number of benzene rings is 3. The minimum Gasteiger partial charge on any atom is -0.342 e. The normalized spacial score (nSPS) is 11.4. The minimum absolute atomic E-state index is 0.0936. The zero-order valence-electron chi connectivity index (χ0n) is 16.7. The second kappa shape index (κ2) is 7.28. The van der Waals surface area contributed by atoms with Crippen LogP contribution in [0, 0.1) is 0 Å². The lowest BCUT2D eigenvalue weighted by molar-refractivity contribution is 0.835. The van der Waals surface area contributed by atoms with Gasteiger partial charge in [0, 0.05) is 42.8 Å². The highest BCUT2D eigenvalue weighted by Crippen LogP contribution is 2.29. The average molecular weight is 394 g/mol. The molecular formula is C25H22N4O. The molecule has 0 bridgehead atoms. The lowest BCUT2D eigenvalue weighted by atomic mass is 10.1. The van der Waals surface area contributed by atoms with Crippen LogP contribution in [0.2, 0.25) is 0 Å². The van der Waals surface area contributed by atoms with E-state index < -0.39 is 0 Å². The Morgan fingerprint density at radius 1 is 0.867 bits per heavy atom. The first-order chi connectivity index (χ1) is 14.7. The third-order valence-corrected chi connectivity index (χ3v) is 5.64. The van der Waals surface area contributed by atoms with Gasteiger partial charge in [0.15, 0.2) is 0 Å². The highest BCUT2D eigenvalue weighted by molar-refractivity contribution is 5.96. The molecule has 0 aliphatic rings. The van der Waals surface area contributed by atoms with Gasteiger partial charge in [-0.15, -0.1) is 0 Å². The molecule has 0 amide bonds. The molecule has 5 rings (SSSR count). The van der Waals surface area contributed by atoms with Gasteiger partial charge in [0.25, 0.3) is 5.56 Å². The maximum absolute atomic E-state index is 13.1. The summed E-state index contributed by atoms with van der Waals surface area (Å²) >= 11 is 0. The second-order valence-electron chi connectivity index (χ2n) is 7.52. The van der Waals surface area contributed by atoms with E-state index in [4.69, 9.17) is 10.7 Å². The maximum Gasteiger partial charge on any atom is 0.277 e. The van der Waals surface area contributed by atoms with Crippen molar-refractivity contribution in [1.29, 1.82) is 0 Å². The molecule has 0 unspecified atom stereocenters. The fraction of sp³-hybridized carbons (Fsp3) is 0.120. The van der Waals surface area contributed by atoms with Crippen molar-refractivity contribution >= 4 is 21.9 Å². The summed E-state index contributed by atoms with van der Waals surface area (Å²) < 4.78 is 3.85. The molecule has 5 aromatic rings. The monoisotopic (exact) mass is 394 g/mol. The van der Waals surface area contributed by atoms with Crippen molar-refractivity contribution in [3.63, 3.8) is 0 Å². The first-order valence-electron chi connectivity index (χ1n) is 9.97. The van der Waals surface area contributed by atoms with Crippen molar-refractivity contribution in [1.82, 2.24) is 14.1 Å². The molecule has 2 heterocycles. The molecule has 0 radical (unpaired) electrons. The summed E-state index contributed by atoms with van der Waals surface area (Å²) in [4.78, 5) is 17.9. The Morgan fingerprint density at radius 3 is 2.30 bits per heavy atom. The van der Waals surface area contributed by atoms with Crippen molar-refractivity contribution in [2.75, 3.05) is 0 Å². The summed E-state index contributed by atoms with van der Waals surface area (Å²) in [7, 11) is 1.80. The van der Waals surface area contributed by atoms with Gasteiger partial charge in [0.2, 0.25) is 0 Å². The van der Waals surface area contributed by atoms with Gasteiger partial charge in [-0.1, -0.05) is 54.6 Å². The van der Waals surface area contributed by atoms with Crippen LogP contribution in [-0.4, -0.2) is 14.1 Å². The molecular weight excluding hydrogens is 372 g/mol. The summed E-state index contributed by atoms with van der Waals surface area (Å²) in [5.41, 5.74) is 12.0. The van der Waals surface area contributed by atoms with Crippen LogP contribution in [0.4, 0.5) is 0 Å². The van der Waals surface area contributed by atoms with Gasteiger partial charge < -0.3 is 14.9 Å². The van der Waals surface area contributed by atoms with Gasteiger partial charge in [-0.3, -0.25) is 4.79 Å². The number of hydrogen-bond donors (Lipinski definition) is 1. The largest absolute Gasteiger partial charge is 0.342 e. The number of nitrogens with zero attached hydrogens (tertiary/aromatic N) is 3. The quantitative estimate of drug-likeness (QED) is 0.500. The van der Waals surface area contributed by atoms with Crippen molar-refractivity contribution in [3.8, 4) is 11.3 Å². The third kappa shape index (κ3) is 3.00. The predicted octanol–water partition coefficient (Wildman–Crippen LogP) is 4.06. The van der Waals surface area contributed by atoms with E-state index in [-0.39, 0.29) is 5.56 Å². The molecule has 0 aliphatic carbocycles. The fourth-order valence-corrected chi connectivity index (χ4v) is 4.00. The van der Waals surface area contributed by atoms with Crippen molar-refractivity contribution in [3.05, 3.63) is 100 Å². The number of fused-ring (bicyclic) bond motifs is 2. The molecule has 0 fully saturated rings. The zero-order chi connectivity index (χ0) is 20.7. The lowest BCUT2D eigenvalue weighted by Gasteiger charge is -2.07. The number of aromatic nitrogens is 3. The van der Waals surface area contributed by atoms with Crippen LogP contribution in [0.1, 0.15) is 11.1 Å². The average Bonchev–Trinajstić information content (AvgIpc) is 3.15. The van der Waals surface area contributed by atoms with E-state index in [2.05, 4.69) is 41.0 Å². The first-order valence-corrected chi connectivity index (χ1v) is 9.97. The van der Waals surface area contributed by atoms with Crippen LogP contribution in [0.25, 0.3) is 33.2 Å². The fourth-order valence-electron chi connectivity index (χ4n) is 4.00. The van der Waals surface area contributed by atoms with Crippen molar-refractivity contribution < 1.29 is 0 Å². The van der Waals surface area contributed by atoms with Crippen LogP contribution >= 0.6 is 0 Å². The standard InChI is InChI=1S/C25H22N4O/c1-28-23-9-5-3-7-21(23)27-24(25(28)30)20-16-29(22-8-4-2-6-19(20)22)15-18-12-10-17(14-26)11-13-18/h2-13,16H,14-15,26H2,1H3. The van der Waals surface area contributed by atoms with E-state index in [1.165, 1.54) is 5.56 Å². The molecule has 5 nitrogen and oxygen atoms in total. The van der Waals surface area contributed by atoms with Gasteiger partial charge in [-0.05, 0) is 29.3 Å². The van der Waals surface area contributed by atoms with E-state index in [0.717, 1.165) is 33.1 Å². The molecule has 0 atom stereocenters. The van der Waals surface area contributed by atoms with Gasteiger partial charge in [-0.25, -0.2) is 4.98 Å². The van der Waals surface area contributed by atoms with Crippen LogP contribution in [-0.2, 0) is 20.1 Å². The molecule has 0 saturated carbocycles. The van der Waals surface area contributed by atoms with Crippen molar-refractivity contribution in [2.45, 2.75) is 13.1 Å². The molecule has 0 aliphatic heterocycles. The first kappa shape index (κ1) is 18.3. The Hall–Kier alpha value is -3.70. The Kier molecular flexibility index (Phi) is 4.45. The van der Waals surface area contributed by atoms with E-state index in [1.807, 2.05) is 42.6 Å². The molecule has 0 spiro atoms. The van der Waals surface area contributed by atoms with Gasteiger partial charge >= 0.3 is 0 Å². The summed E-state index contributed by atoms with van der Waals surface area (Å²) in [6.45, 7) is 1.24. The smallest absolute Gasteiger partial charge is 0.277 e. The van der Waals surface area contributed by atoms with E-state index in [1.54, 1.807) is 11.6 Å². The third-order valence-electron chi connectivity index (χ3n) is 5.64. The van der Waals surface area contributed by atoms with Crippen LogP contribution in [0.15, 0.2) is 83.8 Å². The predicted molar refractivity (Wildman–Crippen MR) is 121 cm³/mol. The Morgan fingerprint density at radius 2 is 1.53 bits per heavy atom. The number of rotatable bonds is 4. The second-order valence-corrected chi connectivity index (χ2v) is 7.52. The van der Waals surface area contributed by atoms with Crippen LogP contribution < -0.4 is 11.3 Å². The number of nitrogens with two attached hydrogens (primary N) is 1. The van der Waals surface area contributed by atoms with Gasteiger partial charge in [0.05, 0.1) is 11.0 Å². The molecule has 5 heteroatoms. The molecule has 2 aromatic heterocycles. The van der Waals surface area contributed by atoms with Crippen LogP contribution in [0.5, 0.6) is 0 Å². The number of hydrogen-bond acceptors (Lipinski definition) is 3. The Labute approximate surface area is 174 Å². The minimum atomic E-state index is -0.0936. The SMILES string of the molecule is Cn1c(=O)c(-c2cn(Cc3ccc(CN)cc3)c3ccccc23)nc2ccccc21. The van der Waals surface area contributed by atoms with E-state index in [0.29, 0.717) is 18.8 Å². The number of aryl methyl sites for hydroxylation is 1. The summed E-state index contributed by atoms with van der Waals surface area (Å²) in [5.74, 6) is 0. The topological polar surface area (TPSA) is 65.8 Å². The Balaban J connectivity index is 1.68.